The van der Waals surface area contributed by atoms with Crippen LogP contribution in [0.1, 0.15) is 56.6 Å². The third-order valence-electron chi connectivity index (χ3n) is 6.02. The molecule has 4 nitrogen and oxygen atoms in total. The smallest absolute Gasteiger partial charge is 0.135 e. The van der Waals surface area contributed by atoms with Crippen LogP contribution < -0.4 is 4.74 Å². The summed E-state index contributed by atoms with van der Waals surface area (Å²) in [6.45, 7) is 13.6. The van der Waals surface area contributed by atoms with Crippen molar-refractivity contribution in [3.63, 3.8) is 0 Å². The zero-order valence-corrected chi connectivity index (χ0v) is 16.0. The van der Waals surface area contributed by atoms with E-state index in [1.807, 2.05) is 26.8 Å². The van der Waals surface area contributed by atoms with Crippen molar-refractivity contribution < 1.29 is 20.1 Å². The molecule has 142 valence electrons. The lowest BCUT2D eigenvalue weighted by Crippen LogP contribution is -2.50. The molecule has 1 aromatic carbocycles. The lowest BCUT2D eigenvalue weighted by molar-refractivity contribution is -0.0828. The van der Waals surface area contributed by atoms with E-state index in [1.165, 1.54) is 0 Å². The number of benzene rings is 1. The van der Waals surface area contributed by atoms with E-state index in [9.17, 15) is 15.3 Å². The van der Waals surface area contributed by atoms with E-state index in [1.54, 1.807) is 6.07 Å². The average Bonchev–Trinajstić information content (AvgIpc) is 2.93. The highest BCUT2D eigenvalue weighted by atomic mass is 16.5. The van der Waals surface area contributed by atoms with E-state index < -0.39 is 17.8 Å². The molecule has 0 spiro atoms. The maximum Gasteiger partial charge on any atom is 0.135 e. The van der Waals surface area contributed by atoms with Gasteiger partial charge in [0.05, 0.1) is 11.7 Å². The first-order valence-corrected chi connectivity index (χ1v) is 9.35. The number of phenolic OH excluding ortho intramolecular Hbond substituents is 1. The van der Waals surface area contributed by atoms with Gasteiger partial charge < -0.3 is 20.1 Å². The van der Waals surface area contributed by atoms with Crippen LogP contribution in [0.4, 0.5) is 0 Å². The third kappa shape index (κ3) is 3.28. The number of aryl methyl sites for hydroxylation is 1. The van der Waals surface area contributed by atoms with Gasteiger partial charge in [-0.3, -0.25) is 0 Å². The molecule has 0 aromatic heterocycles. The minimum absolute atomic E-state index is 0.104. The Morgan fingerprint density at radius 3 is 2.73 bits per heavy atom. The fourth-order valence-corrected chi connectivity index (χ4v) is 4.45. The van der Waals surface area contributed by atoms with Gasteiger partial charge in [0.15, 0.2) is 0 Å². The quantitative estimate of drug-likeness (QED) is 0.696. The second-order valence-corrected chi connectivity index (χ2v) is 8.32. The van der Waals surface area contributed by atoms with Crippen LogP contribution in [0.3, 0.4) is 0 Å². The van der Waals surface area contributed by atoms with Crippen molar-refractivity contribution in [3.05, 3.63) is 47.6 Å². The Morgan fingerprint density at radius 1 is 1.38 bits per heavy atom. The normalized spacial score (nSPS) is 30.9. The van der Waals surface area contributed by atoms with Gasteiger partial charge in [-0.05, 0) is 70.1 Å². The van der Waals surface area contributed by atoms with E-state index in [4.69, 9.17) is 4.74 Å². The Hall–Kier alpha value is -1.78. The zero-order chi connectivity index (χ0) is 19.2. The van der Waals surface area contributed by atoms with Crippen LogP contribution in [0, 0.1) is 12.8 Å². The molecule has 2 aliphatic rings. The van der Waals surface area contributed by atoms with Gasteiger partial charge in [0.25, 0.3) is 0 Å². The van der Waals surface area contributed by atoms with Crippen molar-refractivity contribution in [2.24, 2.45) is 5.92 Å². The molecule has 1 fully saturated rings. The van der Waals surface area contributed by atoms with E-state index >= 15 is 0 Å². The molecule has 1 aliphatic carbocycles. The Labute approximate surface area is 155 Å². The average molecular weight is 358 g/mol. The Kier molecular flexibility index (Phi) is 4.93. The van der Waals surface area contributed by atoms with Gasteiger partial charge in [-0.2, -0.15) is 0 Å². The lowest BCUT2D eigenvalue weighted by Gasteiger charge is -2.43. The van der Waals surface area contributed by atoms with Crippen molar-refractivity contribution >= 4 is 0 Å². The molecule has 4 heteroatoms. The van der Waals surface area contributed by atoms with Gasteiger partial charge in [0, 0.05) is 11.5 Å². The largest absolute Gasteiger partial charge is 0.508 e. The standard InChI is InChI=1S/C22H30O4/c1-12(2)16(23)7-6-14(4)15-8-9-22(5,25)21-19(15)20-17(24)10-13(3)11-18(20)26-21/h10-11,15-16,19,21,23-25H,1,4,6-9H2,2-3,5H3/t15-,16+,19+,21-,22-/m0/s1. The number of ether oxygens (including phenoxy) is 1. The van der Waals surface area contributed by atoms with Gasteiger partial charge >= 0.3 is 0 Å². The number of fused-ring (bicyclic) bond motifs is 3. The van der Waals surface area contributed by atoms with Crippen LogP contribution in [0.5, 0.6) is 11.5 Å². The molecular formula is C22H30O4. The van der Waals surface area contributed by atoms with Gasteiger partial charge in [0.1, 0.15) is 17.6 Å². The minimum atomic E-state index is -0.946. The summed E-state index contributed by atoms with van der Waals surface area (Å²) in [7, 11) is 0. The number of hydrogen-bond acceptors (Lipinski definition) is 4. The van der Waals surface area contributed by atoms with Gasteiger partial charge in [0.2, 0.25) is 0 Å². The number of hydrogen-bond donors (Lipinski definition) is 3. The predicted octanol–water partition coefficient (Wildman–Crippen LogP) is 3.98. The molecule has 0 radical (unpaired) electrons. The molecule has 0 saturated heterocycles. The Morgan fingerprint density at radius 2 is 2.08 bits per heavy atom. The molecule has 5 atom stereocenters. The highest BCUT2D eigenvalue weighted by molar-refractivity contribution is 5.54. The fraction of sp³-hybridized carbons (Fsp3) is 0.545. The Bertz CT molecular complexity index is 734. The SMILES string of the molecule is C=C(C)[C@H](O)CCC(=C)[C@@H]1CC[C@](C)(O)[C@H]2Oc3cc(C)cc(O)c3[C@@H]12. The zero-order valence-electron chi connectivity index (χ0n) is 16.0. The summed E-state index contributed by atoms with van der Waals surface area (Å²) in [5.41, 5.74) is 2.56. The highest BCUT2D eigenvalue weighted by Gasteiger charge is 2.53. The number of rotatable bonds is 5. The van der Waals surface area contributed by atoms with Crippen LogP contribution in [-0.2, 0) is 0 Å². The first-order valence-electron chi connectivity index (χ1n) is 9.35. The molecule has 3 N–H and O–H groups in total. The first-order chi connectivity index (χ1) is 12.1. The molecule has 3 rings (SSSR count). The van der Waals surface area contributed by atoms with E-state index in [2.05, 4.69) is 13.2 Å². The van der Waals surface area contributed by atoms with Crippen molar-refractivity contribution in [2.45, 2.75) is 70.2 Å². The molecule has 1 aromatic rings. The third-order valence-corrected chi connectivity index (χ3v) is 6.02. The van der Waals surface area contributed by atoms with Crippen LogP contribution in [0.2, 0.25) is 0 Å². The highest BCUT2D eigenvalue weighted by Crippen LogP contribution is 2.56. The van der Waals surface area contributed by atoms with Crippen molar-refractivity contribution in [1.82, 2.24) is 0 Å². The molecule has 0 amide bonds. The van der Waals surface area contributed by atoms with Gasteiger partial charge in [-0.15, -0.1) is 0 Å². The van der Waals surface area contributed by atoms with Crippen molar-refractivity contribution in [1.29, 1.82) is 0 Å². The topological polar surface area (TPSA) is 69.9 Å². The molecule has 1 aliphatic heterocycles. The first kappa shape index (κ1) is 19.0. The number of allylic oxidation sites excluding steroid dienone is 1. The van der Waals surface area contributed by atoms with Crippen LogP contribution in [-0.4, -0.2) is 33.1 Å². The fourth-order valence-electron chi connectivity index (χ4n) is 4.45. The summed E-state index contributed by atoms with van der Waals surface area (Å²) in [5, 5.41) is 31.5. The second-order valence-electron chi connectivity index (χ2n) is 8.32. The number of phenols is 1. The number of aromatic hydroxyl groups is 1. The lowest BCUT2D eigenvalue weighted by atomic mass is 9.65. The summed E-state index contributed by atoms with van der Waals surface area (Å²) >= 11 is 0. The summed E-state index contributed by atoms with van der Waals surface area (Å²) in [6, 6.07) is 3.67. The summed E-state index contributed by atoms with van der Waals surface area (Å²) in [6.07, 6.45) is 1.75. The maximum atomic E-state index is 10.9. The molecular weight excluding hydrogens is 328 g/mol. The molecule has 0 unspecified atom stereocenters. The number of aliphatic hydroxyl groups excluding tert-OH is 1. The molecule has 26 heavy (non-hydrogen) atoms. The second kappa shape index (κ2) is 6.75. The van der Waals surface area contributed by atoms with Crippen LogP contribution in [0.25, 0.3) is 0 Å². The van der Waals surface area contributed by atoms with E-state index in [-0.39, 0.29) is 17.6 Å². The molecule has 0 bridgehead atoms. The summed E-state index contributed by atoms with van der Waals surface area (Å²) in [5.74, 6) is 0.876. The van der Waals surface area contributed by atoms with E-state index in [0.29, 0.717) is 25.0 Å². The maximum absolute atomic E-state index is 10.9. The van der Waals surface area contributed by atoms with Crippen LogP contribution >= 0.6 is 0 Å². The molecule has 1 saturated carbocycles. The van der Waals surface area contributed by atoms with Crippen LogP contribution in [0.15, 0.2) is 36.4 Å². The predicted molar refractivity (Wildman–Crippen MR) is 103 cm³/mol. The van der Waals surface area contributed by atoms with Crippen molar-refractivity contribution in [3.8, 4) is 11.5 Å². The van der Waals surface area contributed by atoms with Crippen molar-refractivity contribution in [2.75, 3.05) is 0 Å². The monoisotopic (exact) mass is 358 g/mol. The minimum Gasteiger partial charge on any atom is -0.508 e. The summed E-state index contributed by atoms with van der Waals surface area (Å²) in [4.78, 5) is 0. The summed E-state index contributed by atoms with van der Waals surface area (Å²) < 4.78 is 6.12. The molecule has 1 heterocycles. The van der Waals surface area contributed by atoms with Gasteiger partial charge in [-0.25, -0.2) is 0 Å². The Balaban J connectivity index is 1.90. The number of aliphatic hydroxyl groups is 2. The van der Waals surface area contributed by atoms with Gasteiger partial charge in [-0.1, -0.05) is 24.3 Å². The van der Waals surface area contributed by atoms with E-state index in [0.717, 1.165) is 28.7 Å².